The van der Waals surface area contributed by atoms with Gasteiger partial charge in [0.1, 0.15) is 10.7 Å². The van der Waals surface area contributed by atoms with Gasteiger partial charge in [-0.25, -0.2) is 13.4 Å². The molecule has 0 amide bonds. The number of fused-ring (bicyclic) bond motifs is 1. The number of sulfonamides is 1. The Morgan fingerprint density at radius 3 is 2.72 bits per heavy atom. The van der Waals surface area contributed by atoms with Crippen LogP contribution in [0.5, 0.6) is 0 Å². The van der Waals surface area contributed by atoms with Crippen LogP contribution >= 0.6 is 11.3 Å². The van der Waals surface area contributed by atoms with Crippen LogP contribution in [0.25, 0.3) is 0 Å². The van der Waals surface area contributed by atoms with Gasteiger partial charge >= 0.3 is 0 Å². The van der Waals surface area contributed by atoms with Gasteiger partial charge in [-0.15, -0.1) is 11.3 Å². The molecule has 134 valence electrons. The van der Waals surface area contributed by atoms with E-state index in [2.05, 4.69) is 28.3 Å². The first-order valence-corrected chi connectivity index (χ1v) is 10.8. The van der Waals surface area contributed by atoms with Crippen LogP contribution in [-0.2, 0) is 21.2 Å². The second-order valence-electron chi connectivity index (χ2n) is 6.29. The van der Waals surface area contributed by atoms with Crippen LogP contribution in [0.1, 0.15) is 23.4 Å². The first-order chi connectivity index (χ1) is 12.1. The highest BCUT2D eigenvalue weighted by atomic mass is 32.2. The van der Waals surface area contributed by atoms with E-state index in [9.17, 15) is 8.42 Å². The summed E-state index contributed by atoms with van der Waals surface area (Å²) in [4.78, 5) is 8.39. The Morgan fingerprint density at radius 1 is 1.20 bits per heavy atom. The van der Waals surface area contributed by atoms with Crippen LogP contribution in [0.15, 0.2) is 34.7 Å². The second kappa shape index (κ2) is 6.68. The van der Waals surface area contributed by atoms with Crippen LogP contribution in [0.2, 0.25) is 0 Å². The number of morpholine rings is 1. The number of nitrogens with zero attached hydrogens (tertiary/aromatic N) is 3. The molecular weight excluding hydrogens is 358 g/mol. The quantitative estimate of drug-likeness (QED) is 0.819. The molecule has 0 radical (unpaired) electrons. The molecule has 0 bridgehead atoms. The molecular formula is C17H21N3O3S2. The van der Waals surface area contributed by atoms with Crippen molar-refractivity contribution in [1.29, 1.82) is 0 Å². The predicted molar refractivity (Wildman–Crippen MR) is 97.6 cm³/mol. The van der Waals surface area contributed by atoms with Gasteiger partial charge in [0.25, 0.3) is 0 Å². The van der Waals surface area contributed by atoms with Crippen LogP contribution in [0.3, 0.4) is 0 Å². The van der Waals surface area contributed by atoms with E-state index in [1.54, 1.807) is 17.4 Å². The molecule has 4 heterocycles. The lowest BCUT2D eigenvalue weighted by Gasteiger charge is -2.34. The summed E-state index contributed by atoms with van der Waals surface area (Å²) in [6, 6.07) is 5.92. The zero-order valence-corrected chi connectivity index (χ0v) is 15.7. The maximum Gasteiger partial charge on any atom is 0.244 e. The molecule has 1 fully saturated rings. The van der Waals surface area contributed by atoms with Crippen LogP contribution in [0, 0.1) is 0 Å². The van der Waals surface area contributed by atoms with Crippen molar-refractivity contribution in [1.82, 2.24) is 9.29 Å². The van der Waals surface area contributed by atoms with Gasteiger partial charge in [-0.1, -0.05) is 0 Å². The number of hydrogen-bond donors (Lipinski definition) is 0. The van der Waals surface area contributed by atoms with E-state index in [-0.39, 0.29) is 10.9 Å². The molecule has 0 spiro atoms. The van der Waals surface area contributed by atoms with Crippen LogP contribution in [-0.4, -0.2) is 50.6 Å². The van der Waals surface area contributed by atoms with Gasteiger partial charge in [0, 0.05) is 30.7 Å². The van der Waals surface area contributed by atoms with Crippen LogP contribution in [0.4, 0.5) is 5.82 Å². The number of pyridine rings is 1. The fourth-order valence-corrected chi connectivity index (χ4v) is 5.77. The number of anilines is 1. The summed E-state index contributed by atoms with van der Waals surface area (Å²) in [5, 5.41) is 2.14. The van der Waals surface area contributed by atoms with Crippen molar-refractivity contribution in [2.75, 3.05) is 37.7 Å². The Balaban J connectivity index is 1.56. The standard InChI is InChI=1S/C17H21N3O3S2/c1-13-15-5-11-24-16(15)4-6-20(13)17-3-2-14(12-18-17)25(21,22)19-7-9-23-10-8-19/h2-3,5,11-13H,4,6-10H2,1H3/t13-/m0/s1. The number of rotatable bonds is 3. The monoisotopic (exact) mass is 379 g/mol. The van der Waals surface area contributed by atoms with E-state index < -0.39 is 10.0 Å². The minimum atomic E-state index is -3.49. The first kappa shape index (κ1) is 17.0. The predicted octanol–water partition coefficient (Wildman–Crippen LogP) is 2.29. The molecule has 8 heteroatoms. The fraction of sp³-hybridized carbons (Fsp3) is 0.471. The highest BCUT2D eigenvalue weighted by molar-refractivity contribution is 7.89. The molecule has 0 saturated carbocycles. The Hall–Kier alpha value is -1.48. The Labute approximate surface area is 152 Å². The minimum Gasteiger partial charge on any atom is -0.379 e. The molecule has 1 atom stereocenters. The molecule has 2 aliphatic rings. The van der Waals surface area contributed by atoms with Gasteiger partial charge in [0.2, 0.25) is 10.0 Å². The number of thiophene rings is 1. The zero-order chi connectivity index (χ0) is 17.4. The second-order valence-corrected chi connectivity index (χ2v) is 9.23. The molecule has 4 rings (SSSR count). The summed E-state index contributed by atoms with van der Waals surface area (Å²) in [6.45, 7) is 4.75. The molecule has 1 saturated heterocycles. The van der Waals surface area contributed by atoms with Crippen molar-refractivity contribution in [2.24, 2.45) is 0 Å². The molecule has 2 aromatic rings. The molecule has 2 aliphatic heterocycles. The summed E-state index contributed by atoms with van der Waals surface area (Å²) >= 11 is 1.81. The third-order valence-electron chi connectivity index (χ3n) is 4.90. The van der Waals surface area contributed by atoms with E-state index in [1.165, 1.54) is 20.9 Å². The lowest BCUT2D eigenvalue weighted by Crippen LogP contribution is -2.40. The van der Waals surface area contributed by atoms with Crippen molar-refractivity contribution in [2.45, 2.75) is 24.3 Å². The Kier molecular flexibility index (Phi) is 4.53. The Morgan fingerprint density at radius 2 is 2.00 bits per heavy atom. The van der Waals surface area contributed by atoms with Gasteiger partial charge in [-0.05, 0) is 42.5 Å². The number of aromatic nitrogens is 1. The van der Waals surface area contributed by atoms with Crippen molar-refractivity contribution < 1.29 is 13.2 Å². The van der Waals surface area contributed by atoms with Crippen molar-refractivity contribution >= 4 is 27.2 Å². The number of ether oxygens (including phenoxy) is 1. The van der Waals surface area contributed by atoms with Gasteiger partial charge in [-0.3, -0.25) is 0 Å². The topological polar surface area (TPSA) is 62.7 Å². The third kappa shape index (κ3) is 3.08. The summed E-state index contributed by atoms with van der Waals surface area (Å²) in [7, 11) is -3.49. The fourth-order valence-electron chi connectivity index (χ4n) is 3.45. The molecule has 0 aromatic carbocycles. The van der Waals surface area contributed by atoms with Crippen LogP contribution < -0.4 is 4.90 Å². The molecule has 25 heavy (non-hydrogen) atoms. The summed E-state index contributed by atoms with van der Waals surface area (Å²) in [6.07, 6.45) is 2.49. The van der Waals surface area contributed by atoms with E-state index >= 15 is 0 Å². The SMILES string of the molecule is C[C@H]1c2ccsc2CCN1c1ccc(S(=O)(=O)N2CCOCC2)cn1. The molecule has 0 aliphatic carbocycles. The maximum atomic E-state index is 12.7. The summed E-state index contributed by atoms with van der Waals surface area (Å²) in [5.74, 6) is 0.824. The largest absolute Gasteiger partial charge is 0.379 e. The smallest absolute Gasteiger partial charge is 0.244 e. The highest BCUT2D eigenvalue weighted by Crippen LogP contribution is 2.35. The third-order valence-corrected chi connectivity index (χ3v) is 7.78. The lowest BCUT2D eigenvalue weighted by atomic mass is 10.0. The summed E-state index contributed by atoms with van der Waals surface area (Å²) in [5.41, 5.74) is 1.35. The molecule has 0 unspecified atom stereocenters. The normalized spacial score (nSPS) is 22.0. The lowest BCUT2D eigenvalue weighted by molar-refractivity contribution is 0.0730. The van der Waals surface area contributed by atoms with E-state index in [0.29, 0.717) is 26.3 Å². The average Bonchev–Trinajstić information content (AvgIpc) is 3.13. The molecule has 0 N–H and O–H groups in total. The van der Waals surface area contributed by atoms with Crippen molar-refractivity contribution in [3.05, 3.63) is 40.2 Å². The van der Waals surface area contributed by atoms with E-state index in [0.717, 1.165) is 18.8 Å². The number of hydrogen-bond acceptors (Lipinski definition) is 6. The van der Waals surface area contributed by atoms with Gasteiger partial charge in [-0.2, -0.15) is 4.31 Å². The maximum absolute atomic E-state index is 12.7. The highest BCUT2D eigenvalue weighted by Gasteiger charge is 2.28. The van der Waals surface area contributed by atoms with E-state index in [4.69, 9.17) is 4.74 Å². The van der Waals surface area contributed by atoms with E-state index in [1.807, 2.05) is 6.07 Å². The van der Waals surface area contributed by atoms with Crippen molar-refractivity contribution in [3.8, 4) is 0 Å². The Bertz CT molecular complexity index is 842. The minimum absolute atomic E-state index is 0.249. The van der Waals surface area contributed by atoms with Gasteiger partial charge in [0.05, 0.1) is 19.3 Å². The average molecular weight is 380 g/mol. The van der Waals surface area contributed by atoms with Gasteiger partial charge in [0.15, 0.2) is 0 Å². The van der Waals surface area contributed by atoms with Crippen molar-refractivity contribution in [3.63, 3.8) is 0 Å². The summed E-state index contributed by atoms with van der Waals surface area (Å²) < 4.78 is 32.1. The first-order valence-electron chi connectivity index (χ1n) is 8.44. The molecule has 2 aromatic heterocycles. The molecule has 6 nitrogen and oxygen atoms in total. The zero-order valence-electron chi connectivity index (χ0n) is 14.1. The van der Waals surface area contributed by atoms with Gasteiger partial charge < -0.3 is 9.64 Å².